The number of likely N-dealkylation sites (tertiary alicyclic amines) is 1. The zero-order valence-electron chi connectivity index (χ0n) is 9.19. The molecule has 2 N–H and O–H groups in total. The fourth-order valence-corrected chi connectivity index (χ4v) is 1.87. The summed E-state index contributed by atoms with van der Waals surface area (Å²) in [5, 5.41) is 2.94. The van der Waals surface area contributed by atoms with E-state index in [1.165, 1.54) is 18.3 Å². The molecule has 2 rings (SSSR count). The minimum atomic E-state index is -0.197. The second kappa shape index (κ2) is 4.49. The standard InChI is InChI=1S/C11H15N3O2/c1-14-5-4-9(7-14)13-11(16)8-2-3-10(15)12-6-8/h2-3,6,9H,4-5,7H2,1H3,(H,12,15)(H,13,16). The van der Waals surface area contributed by atoms with Gasteiger partial charge in [0.25, 0.3) is 5.91 Å². The average Bonchev–Trinajstić information content (AvgIpc) is 2.65. The highest BCUT2D eigenvalue weighted by Crippen LogP contribution is 2.07. The summed E-state index contributed by atoms with van der Waals surface area (Å²) in [5.74, 6) is -0.128. The van der Waals surface area contributed by atoms with Crippen molar-refractivity contribution in [3.63, 3.8) is 0 Å². The number of likely N-dealkylation sites (N-methyl/N-ethyl adjacent to an activating group) is 1. The third kappa shape index (κ3) is 2.49. The normalized spacial score (nSPS) is 20.9. The Morgan fingerprint density at radius 3 is 2.94 bits per heavy atom. The van der Waals surface area contributed by atoms with Crippen LogP contribution in [0.3, 0.4) is 0 Å². The van der Waals surface area contributed by atoms with Crippen LogP contribution in [0.25, 0.3) is 0 Å². The van der Waals surface area contributed by atoms with Crippen LogP contribution in [0.5, 0.6) is 0 Å². The Morgan fingerprint density at radius 2 is 2.38 bits per heavy atom. The second-order valence-corrected chi connectivity index (χ2v) is 4.16. The number of carbonyl (C=O) groups excluding carboxylic acids is 1. The molecular weight excluding hydrogens is 206 g/mol. The van der Waals surface area contributed by atoms with Crippen LogP contribution in [0.4, 0.5) is 0 Å². The van der Waals surface area contributed by atoms with Gasteiger partial charge >= 0.3 is 0 Å². The molecule has 2 heterocycles. The summed E-state index contributed by atoms with van der Waals surface area (Å²) in [7, 11) is 2.03. The Morgan fingerprint density at radius 1 is 1.56 bits per heavy atom. The topological polar surface area (TPSA) is 65.2 Å². The maximum atomic E-state index is 11.8. The fraction of sp³-hybridized carbons (Fsp3) is 0.455. The second-order valence-electron chi connectivity index (χ2n) is 4.16. The van der Waals surface area contributed by atoms with Gasteiger partial charge in [-0.1, -0.05) is 0 Å². The first-order valence-electron chi connectivity index (χ1n) is 5.33. The molecule has 5 nitrogen and oxygen atoms in total. The number of nitrogens with one attached hydrogen (secondary N) is 2. The molecule has 1 aliphatic heterocycles. The van der Waals surface area contributed by atoms with Crippen molar-refractivity contribution in [2.24, 2.45) is 0 Å². The molecule has 1 unspecified atom stereocenters. The minimum Gasteiger partial charge on any atom is -0.348 e. The van der Waals surface area contributed by atoms with Gasteiger partial charge in [-0.05, 0) is 26.1 Å². The number of pyridine rings is 1. The van der Waals surface area contributed by atoms with E-state index in [1.807, 2.05) is 7.05 Å². The van der Waals surface area contributed by atoms with Crippen LogP contribution < -0.4 is 10.9 Å². The van der Waals surface area contributed by atoms with Crippen LogP contribution in [0.15, 0.2) is 23.1 Å². The summed E-state index contributed by atoms with van der Waals surface area (Å²) < 4.78 is 0. The zero-order valence-corrected chi connectivity index (χ0v) is 9.19. The van der Waals surface area contributed by atoms with E-state index < -0.39 is 0 Å². The Balaban J connectivity index is 1.98. The van der Waals surface area contributed by atoms with Crippen LogP contribution >= 0.6 is 0 Å². The molecule has 1 aliphatic rings. The van der Waals surface area contributed by atoms with E-state index in [0.29, 0.717) is 5.56 Å². The van der Waals surface area contributed by atoms with E-state index in [2.05, 4.69) is 15.2 Å². The predicted octanol–water partition coefficient (Wildman–Crippen LogP) is -0.191. The molecule has 1 aromatic rings. The molecule has 0 aromatic carbocycles. The molecule has 16 heavy (non-hydrogen) atoms. The van der Waals surface area contributed by atoms with E-state index in [1.54, 1.807) is 0 Å². The first-order valence-corrected chi connectivity index (χ1v) is 5.33. The monoisotopic (exact) mass is 221 g/mol. The first-order chi connectivity index (χ1) is 7.65. The van der Waals surface area contributed by atoms with Crippen molar-refractivity contribution in [1.82, 2.24) is 15.2 Å². The molecule has 0 aliphatic carbocycles. The average molecular weight is 221 g/mol. The SMILES string of the molecule is CN1CCC(NC(=O)c2ccc(=O)[nH]c2)C1. The van der Waals surface area contributed by atoms with Gasteiger partial charge in [0.05, 0.1) is 5.56 Å². The molecule has 1 fully saturated rings. The van der Waals surface area contributed by atoms with E-state index in [-0.39, 0.29) is 17.5 Å². The smallest absolute Gasteiger partial charge is 0.253 e. The third-order valence-corrected chi connectivity index (χ3v) is 2.77. The van der Waals surface area contributed by atoms with Crippen LogP contribution in [-0.4, -0.2) is 42.0 Å². The maximum Gasteiger partial charge on any atom is 0.253 e. The lowest BCUT2D eigenvalue weighted by Gasteiger charge is -2.12. The van der Waals surface area contributed by atoms with Crippen molar-refractivity contribution < 1.29 is 4.79 Å². The molecule has 1 saturated heterocycles. The molecule has 0 spiro atoms. The Labute approximate surface area is 93.5 Å². The fourth-order valence-electron chi connectivity index (χ4n) is 1.87. The number of carbonyl (C=O) groups is 1. The van der Waals surface area contributed by atoms with E-state index in [9.17, 15) is 9.59 Å². The van der Waals surface area contributed by atoms with Crippen LogP contribution in [0.1, 0.15) is 16.8 Å². The summed E-state index contributed by atoms with van der Waals surface area (Å²) in [6.45, 7) is 1.89. The van der Waals surface area contributed by atoms with Crippen molar-refractivity contribution in [3.8, 4) is 0 Å². The van der Waals surface area contributed by atoms with Crippen molar-refractivity contribution in [2.75, 3.05) is 20.1 Å². The lowest BCUT2D eigenvalue weighted by atomic mass is 10.2. The van der Waals surface area contributed by atoms with Crippen LogP contribution in [-0.2, 0) is 0 Å². The number of hydrogen-bond donors (Lipinski definition) is 2. The molecule has 1 atom stereocenters. The Hall–Kier alpha value is -1.62. The Bertz CT molecular complexity index is 421. The van der Waals surface area contributed by atoms with Gasteiger partial charge < -0.3 is 15.2 Å². The zero-order chi connectivity index (χ0) is 11.5. The van der Waals surface area contributed by atoms with E-state index >= 15 is 0 Å². The van der Waals surface area contributed by atoms with Crippen molar-refractivity contribution in [2.45, 2.75) is 12.5 Å². The van der Waals surface area contributed by atoms with Gasteiger partial charge in [-0.2, -0.15) is 0 Å². The largest absolute Gasteiger partial charge is 0.348 e. The van der Waals surface area contributed by atoms with E-state index in [0.717, 1.165) is 19.5 Å². The highest BCUT2D eigenvalue weighted by Gasteiger charge is 2.21. The summed E-state index contributed by atoms with van der Waals surface area (Å²) in [6.07, 6.45) is 2.42. The van der Waals surface area contributed by atoms with Gasteiger partial charge in [0.1, 0.15) is 0 Å². The predicted molar refractivity (Wildman–Crippen MR) is 60.4 cm³/mol. The molecule has 5 heteroatoms. The van der Waals surface area contributed by atoms with Crippen molar-refractivity contribution in [1.29, 1.82) is 0 Å². The highest BCUT2D eigenvalue weighted by molar-refractivity contribution is 5.94. The molecule has 0 bridgehead atoms. The lowest BCUT2D eigenvalue weighted by Crippen LogP contribution is -2.36. The lowest BCUT2D eigenvalue weighted by molar-refractivity contribution is 0.0938. The quantitative estimate of drug-likeness (QED) is 0.727. The number of H-pyrrole nitrogens is 1. The van der Waals surface area contributed by atoms with Crippen molar-refractivity contribution in [3.05, 3.63) is 34.2 Å². The van der Waals surface area contributed by atoms with Gasteiger partial charge in [0.2, 0.25) is 5.56 Å². The van der Waals surface area contributed by atoms with Gasteiger partial charge in [-0.3, -0.25) is 9.59 Å². The molecule has 1 amide bonds. The first kappa shape index (κ1) is 10.9. The number of nitrogens with zero attached hydrogens (tertiary/aromatic N) is 1. The molecule has 86 valence electrons. The number of aromatic amines is 1. The maximum absolute atomic E-state index is 11.8. The van der Waals surface area contributed by atoms with Gasteiger partial charge in [0.15, 0.2) is 0 Å². The highest BCUT2D eigenvalue weighted by atomic mass is 16.2. The summed E-state index contributed by atoms with van der Waals surface area (Å²) >= 11 is 0. The van der Waals surface area contributed by atoms with Crippen LogP contribution in [0, 0.1) is 0 Å². The number of aromatic nitrogens is 1. The van der Waals surface area contributed by atoms with Gasteiger partial charge in [0, 0.05) is 24.8 Å². The minimum absolute atomic E-state index is 0.128. The summed E-state index contributed by atoms with van der Waals surface area (Å²) in [6, 6.07) is 3.10. The number of hydrogen-bond acceptors (Lipinski definition) is 3. The molecular formula is C11H15N3O2. The molecule has 1 aromatic heterocycles. The summed E-state index contributed by atoms with van der Waals surface area (Å²) in [5.41, 5.74) is 0.298. The number of amides is 1. The van der Waals surface area contributed by atoms with Gasteiger partial charge in [-0.15, -0.1) is 0 Å². The molecule has 0 radical (unpaired) electrons. The Kier molecular flexibility index (Phi) is 3.05. The third-order valence-electron chi connectivity index (χ3n) is 2.77. The summed E-state index contributed by atoms with van der Waals surface area (Å²) in [4.78, 5) is 27.3. The number of rotatable bonds is 2. The van der Waals surface area contributed by atoms with E-state index in [4.69, 9.17) is 0 Å². The molecule has 0 saturated carbocycles. The van der Waals surface area contributed by atoms with Crippen molar-refractivity contribution >= 4 is 5.91 Å². The van der Waals surface area contributed by atoms with Crippen LogP contribution in [0.2, 0.25) is 0 Å². The van der Waals surface area contributed by atoms with Gasteiger partial charge in [-0.25, -0.2) is 0 Å².